The lowest BCUT2D eigenvalue weighted by Crippen LogP contribution is -2.46. The van der Waals surface area contributed by atoms with Gasteiger partial charge in [-0.05, 0) is 0 Å². The molecule has 22 heavy (non-hydrogen) atoms. The molecule has 0 saturated carbocycles. The molecule has 0 unspecified atom stereocenters. The summed E-state index contributed by atoms with van der Waals surface area (Å²) in [5, 5.41) is 10.7. The van der Waals surface area contributed by atoms with Crippen molar-refractivity contribution in [1.82, 2.24) is 5.32 Å². The van der Waals surface area contributed by atoms with Gasteiger partial charge in [-0.1, -0.05) is 6.92 Å². The molecule has 1 aromatic rings. The minimum absolute atomic E-state index is 0.0889. The Morgan fingerprint density at radius 1 is 1.32 bits per heavy atom. The lowest BCUT2D eigenvalue weighted by atomic mass is 9.98. The second-order valence-corrected chi connectivity index (χ2v) is 4.56. The van der Waals surface area contributed by atoms with Crippen molar-refractivity contribution in [3.05, 3.63) is 35.1 Å². The van der Waals surface area contributed by atoms with E-state index in [0.29, 0.717) is 12.1 Å². The largest absolute Gasteiger partial charge is 0.467 e. The Hall–Kier alpha value is -2.56. The summed E-state index contributed by atoms with van der Waals surface area (Å²) in [6.45, 7) is 1.49. The smallest absolute Gasteiger partial charge is 0.328 e. The third-order valence-electron chi connectivity index (χ3n) is 2.96. The number of nitrogens with zero attached hydrogens (tertiary/aromatic N) is 1. The molecule has 0 radical (unpaired) electrons. The van der Waals surface area contributed by atoms with Crippen molar-refractivity contribution < 1.29 is 27.5 Å². The van der Waals surface area contributed by atoms with Crippen LogP contribution in [0.5, 0.6) is 0 Å². The molecule has 0 aliphatic rings. The standard InChI is InChI=1S/C14H13F3N2O3/c1-7(3-4-18)12(14(21)22-2)19-13(20)11-9(16)5-8(15)6-10(11)17/h5-7,12H,3H2,1-2H3,(H,19,20)/t7-,12+/m0/s1. The van der Waals surface area contributed by atoms with Crippen LogP contribution in [0.25, 0.3) is 0 Å². The summed E-state index contributed by atoms with van der Waals surface area (Å²) in [6.07, 6.45) is -0.0889. The molecule has 0 spiro atoms. The molecule has 0 aliphatic heterocycles. The van der Waals surface area contributed by atoms with Gasteiger partial charge in [0, 0.05) is 24.5 Å². The third-order valence-corrected chi connectivity index (χ3v) is 2.96. The molecule has 2 atom stereocenters. The Labute approximate surface area is 124 Å². The first-order valence-electron chi connectivity index (χ1n) is 6.22. The minimum Gasteiger partial charge on any atom is -0.467 e. The van der Waals surface area contributed by atoms with E-state index >= 15 is 0 Å². The number of carbonyl (C=O) groups excluding carboxylic acids is 2. The number of esters is 1. The lowest BCUT2D eigenvalue weighted by molar-refractivity contribution is -0.144. The molecule has 5 nitrogen and oxygen atoms in total. The number of nitrogens with one attached hydrogen (secondary N) is 1. The van der Waals surface area contributed by atoms with Crippen LogP contribution in [-0.2, 0) is 9.53 Å². The second kappa shape index (κ2) is 7.45. The van der Waals surface area contributed by atoms with Crippen LogP contribution in [0.2, 0.25) is 0 Å². The van der Waals surface area contributed by atoms with Gasteiger partial charge in [-0.25, -0.2) is 18.0 Å². The molecule has 8 heteroatoms. The van der Waals surface area contributed by atoms with Crippen LogP contribution in [-0.4, -0.2) is 25.0 Å². The molecule has 0 aliphatic carbocycles. The number of benzene rings is 1. The predicted octanol–water partition coefficient (Wildman–Crippen LogP) is 1.93. The highest BCUT2D eigenvalue weighted by Crippen LogP contribution is 2.16. The summed E-state index contributed by atoms with van der Waals surface area (Å²) in [4.78, 5) is 23.6. The Morgan fingerprint density at radius 2 is 1.86 bits per heavy atom. The minimum atomic E-state index is -1.40. The molecule has 0 saturated heterocycles. The van der Waals surface area contributed by atoms with Gasteiger partial charge in [0.25, 0.3) is 5.91 Å². The van der Waals surface area contributed by atoms with E-state index in [-0.39, 0.29) is 6.42 Å². The quantitative estimate of drug-likeness (QED) is 0.842. The molecule has 0 aromatic heterocycles. The summed E-state index contributed by atoms with van der Waals surface area (Å²) in [7, 11) is 1.07. The molecule has 0 fully saturated rings. The van der Waals surface area contributed by atoms with E-state index in [9.17, 15) is 22.8 Å². The van der Waals surface area contributed by atoms with E-state index < -0.39 is 46.9 Å². The first kappa shape index (κ1) is 17.5. The number of halogens is 3. The van der Waals surface area contributed by atoms with E-state index in [0.717, 1.165) is 7.11 Å². The molecule has 118 valence electrons. The van der Waals surface area contributed by atoms with Gasteiger partial charge in [0.1, 0.15) is 29.1 Å². The summed E-state index contributed by atoms with van der Waals surface area (Å²) in [5.74, 6) is -6.71. The molecule has 0 heterocycles. The lowest BCUT2D eigenvalue weighted by Gasteiger charge is -2.21. The summed E-state index contributed by atoms with van der Waals surface area (Å²) < 4.78 is 44.4. The number of ether oxygens (including phenoxy) is 1. The number of rotatable bonds is 5. The Morgan fingerprint density at radius 3 is 2.32 bits per heavy atom. The van der Waals surface area contributed by atoms with Crippen LogP contribution in [0, 0.1) is 34.7 Å². The number of hydrogen-bond acceptors (Lipinski definition) is 4. The van der Waals surface area contributed by atoms with Gasteiger partial charge >= 0.3 is 5.97 Å². The fraction of sp³-hybridized carbons (Fsp3) is 0.357. The van der Waals surface area contributed by atoms with Crippen LogP contribution in [0.15, 0.2) is 12.1 Å². The van der Waals surface area contributed by atoms with Crippen molar-refractivity contribution in [1.29, 1.82) is 5.26 Å². The molecule has 1 amide bonds. The number of amides is 1. The zero-order valence-corrected chi connectivity index (χ0v) is 11.8. The van der Waals surface area contributed by atoms with Gasteiger partial charge in [0.2, 0.25) is 0 Å². The highest BCUT2D eigenvalue weighted by molar-refractivity contribution is 5.97. The molecular weight excluding hydrogens is 301 g/mol. The van der Waals surface area contributed by atoms with Crippen LogP contribution in [0.1, 0.15) is 23.7 Å². The van der Waals surface area contributed by atoms with E-state index in [1.54, 1.807) is 0 Å². The summed E-state index contributed by atoms with van der Waals surface area (Å²) in [6, 6.07) is 1.25. The number of carbonyl (C=O) groups is 2. The van der Waals surface area contributed by atoms with E-state index in [4.69, 9.17) is 5.26 Å². The van der Waals surface area contributed by atoms with Crippen molar-refractivity contribution in [2.75, 3.05) is 7.11 Å². The SMILES string of the molecule is COC(=O)[C@H](NC(=O)c1c(F)cc(F)cc1F)[C@@H](C)CC#N. The molecule has 0 bridgehead atoms. The Kier molecular flexibility index (Phi) is 5.92. The van der Waals surface area contributed by atoms with Crippen molar-refractivity contribution in [2.45, 2.75) is 19.4 Å². The predicted molar refractivity (Wildman–Crippen MR) is 69.0 cm³/mol. The summed E-state index contributed by atoms with van der Waals surface area (Å²) >= 11 is 0. The normalized spacial score (nSPS) is 12.9. The van der Waals surface area contributed by atoms with Crippen molar-refractivity contribution in [3.63, 3.8) is 0 Å². The molecule has 1 rings (SSSR count). The van der Waals surface area contributed by atoms with Gasteiger partial charge < -0.3 is 10.1 Å². The monoisotopic (exact) mass is 314 g/mol. The third kappa shape index (κ3) is 3.97. The number of nitriles is 1. The van der Waals surface area contributed by atoms with Crippen molar-refractivity contribution >= 4 is 11.9 Å². The van der Waals surface area contributed by atoms with Gasteiger partial charge in [0.15, 0.2) is 0 Å². The fourth-order valence-corrected chi connectivity index (χ4v) is 1.79. The highest BCUT2D eigenvalue weighted by atomic mass is 19.1. The van der Waals surface area contributed by atoms with Crippen LogP contribution < -0.4 is 5.32 Å². The van der Waals surface area contributed by atoms with E-state index in [1.165, 1.54) is 6.92 Å². The fourth-order valence-electron chi connectivity index (χ4n) is 1.79. The maximum atomic E-state index is 13.5. The zero-order valence-electron chi connectivity index (χ0n) is 11.8. The Balaban J connectivity index is 3.07. The van der Waals surface area contributed by atoms with Gasteiger partial charge in [-0.3, -0.25) is 4.79 Å². The molecule has 1 N–H and O–H groups in total. The summed E-state index contributed by atoms with van der Waals surface area (Å²) in [5.41, 5.74) is -1.01. The number of methoxy groups -OCH3 is 1. The first-order chi connectivity index (χ1) is 10.3. The second-order valence-electron chi connectivity index (χ2n) is 4.56. The van der Waals surface area contributed by atoms with Gasteiger partial charge in [0.05, 0.1) is 13.2 Å². The Bertz CT molecular complexity index is 605. The topological polar surface area (TPSA) is 79.2 Å². The van der Waals surface area contributed by atoms with Crippen LogP contribution >= 0.6 is 0 Å². The molecular formula is C14H13F3N2O3. The first-order valence-corrected chi connectivity index (χ1v) is 6.22. The van der Waals surface area contributed by atoms with Gasteiger partial charge in [-0.2, -0.15) is 5.26 Å². The van der Waals surface area contributed by atoms with Crippen LogP contribution in [0.3, 0.4) is 0 Å². The van der Waals surface area contributed by atoms with Crippen LogP contribution in [0.4, 0.5) is 13.2 Å². The molecule has 1 aromatic carbocycles. The highest BCUT2D eigenvalue weighted by Gasteiger charge is 2.30. The number of hydrogen-bond donors (Lipinski definition) is 1. The average molecular weight is 314 g/mol. The van der Waals surface area contributed by atoms with Crippen molar-refractivity contribution in [3.8, 4) is 6.07 Å². The maximum absolute atomic E-state index is 13.5. The maximum Gasteiger partial charge on any atom is 0.328 e. The van der Waals surface area contributed by atoms with E-state index in [1.807, 2.05) is 6.07 Å². The average Bonchev–Trinajstić information content (AvgIpc) is 2.43. The van der Waals surface area contributed by atoms with Gasteiger partial charge in [-0.15, -0.1) is 0 Å². The zero-order chi connectivity index (χ0) is 16.9. The van der Waals surface area contributed by atoms with E-state index in [2.05, 4.69) is 10.1 Å². The van der Waals surface area contributed by atoms with Crippen molar-refractivity contribution in [2.24, 2.45) is 5.92 Å².